The van der Waals surface area contributed by atoms with Crippen molar-refractivity contribution in [1.82, 2.24) is 4.47 Å². The second-order valence-corrected chi connectivity index (χ2v) is 7.68. The van der Waals surface area contributed by atoms with Gasteiger partial charge in [0.15, 0.2) is 0 Å². The van der Waals surface area contributed by atoms with Crippen LogP contribution in [0.3, 0.4) is 0 Å². The van der Waals surface area contributed by atoms with E-state index >= 15 is 0 Å². The number of nitrogens with zero attached hydrogens (tertiary/aromatic N) is 1. The molecule has 0 aliphatic carbocycles. The standard InChI is InChI=1S/C13H19ClN2O5S/c1-13(2,3)21-12(17)15-9-6-7-10(14)11(8-9)22(18,19)16(4)20-5/h6-8H,1-5H3,(H,15,17). The summed E-state index contributed by atoms with van der Waals surface area (Å²) in [7, 11) is -1.47. The number of benzene rings is 1. The highest BCUT2D eigenvalue weighted by atomic mass is 35.5. The van der Waals surface area contributed by atoms with Crippen molar-refractivity contribution in [2.45, 2.75) is 31.3 Å². The molecule has 22 heavy (non-hydrogen) atoms. The second-order valence-electron chi connectivity index (χ2n) is 5.37. The fourth-order valence-corrected chi connectivity index (χ4v) is 2.91. The molecule has 0 atom stereocenters. The van der Waals surface area contributed by atoms with Crippen molar-refractivity contribution in [3.8, 4) is 0 Å². The van der Waals surface area contributed by atoms with E-state index in [1.807, 2.05) is 0 Å². The first-order valence-electron chi connectivity index (χ1n) is 6.30. The molecule has 9 heteroatoms. The number of amides is 1. The topological polar surface area (TPSA) is 84.9 Å². The van der Waals surface area contributed by atoms with E-state index in [-0.39, 0.29) is 15.6 Å². The lowest BCUT2D eigenvalue weighted by Crippen LogP contribution is -2.28. The number of rotatable bonds is 4. The van der Waals surface area contributed by atoms with E-state index < -0.39 is 21.7 Å². The van der Waals surface area contributed by atoms with Gasteiger partial charge in [0.05, 0.1) is 12.1 Å². The molecule has 0 bridgehead atoms. The molecule has 0 radical (unpaired) electrons. The zero-order valence-electron chi connectivity index (χ0n) is 13.0. The molecule has 0 heterocycles. The fraction of sp³-hybridized carbons (Fsp3) is 0.462. The van der Waals surface area contributed by atoms with E-state index in [1.165, 1.54) is 32.4 Å². The van der Waals surface area contributed by atoms with Crippen molar-refractivity contribution in [3.63, 3.8) is 0 Å². The predicted molar refractivity (Wildman–Crippen MR) is 83.3 cm³/mol. The van der Waals surface area contributed by atoms with E-state index in [0.29, 0.717) is 4.47 Å². The Morgan fingerprint density at radius 2 is 1.91 bits per heavy atom. The minimum Gasteiger partial charge on any atom is -0.444 e. The predicted octanol–water partition coefficient (Wildman–Crippen LogP) is 2.87. The highest BCUT2D eigenvalue weighted by Gasteiger charge is 2.25. The number of hydroxylamine groups is 1. The quantitative estimate of drug-likeness (QED) is 0.844. The summed E-state index contributed by atoms with van der Waals surface area (Å²) in [4.78, 5) is 16.2. The molecule has 0 unspecified atom stereocenters. The van der Waals surface area contributed by atoms with E-state index in [9.17, 15) is 13.2 Å². The Hall–Kier alpha value is -1.35. The number of carbonyl (C=O) groups is 1. The van der Waals surface area contributed by atoms with E-state index in [2.05, 4.69) is 10.2 Å². The van der Waals surface area contributed by atoms with Gasteiger partial charge in [0.2, 0.25) is 0 Å². The molecular weight excluding hydrogens is 332 g/mol. The average molecular weight is 351 g/mol. The largest absolute Gasteiger partial charge is 0.444 e. The van der Waals surface area contributed by atoms with Gasteiger partial charge in [-0.15, -0.1) is 0 Å². The molecule has 1 rings (SSSR count). The Morgan fingerprint density at radius 3 is 2.41 bits per heavy atom. The summed E-state index contributed by atoms with van der Waals surface area (Å²) >= 11 is 5.92. The average Bonchev–Trinajstić information content (AvgIpc) is 2.37. The molecular formula is C13H19ClN2O5S. The van der Waals surface area contributed by atoms with Crippen molar-refractivity contribution in [3.05, 3.63) is 23.2 Å². The lowest BCUT2D eigenvalue weighted by atomic mass is 10.2. The molecule has 0 fully saturated rings. The maximum atomic E-state index is 12.2. The van der Waals surface area contributed by atoms with Crippen LogP contribution in [0.5, 0.6) is 0 Å². The van der Waals surface area contributed by atoms with Gasteiger partial charge in [-0.05, 0) is 39.0 Å². The lowest BCUT2D eigenvalue weighted by molar-refractivity contribution is -0.0258. The molecule has 7 nitrogen and oxygen atoms in total. The summed E-state index contributed by atoms with van der Waals surface area (Å²) in [5, 5.41) is 2.46. The third-order valence-corrected chi connectivity index (χ3v) is 4.61. The molecule has 1 aromatic rings. The monoisotopic (exact) mass is 350 g/mol. The third kappa shape index (κ3) is 4.84. The van der Waals surface area contributed by atoms with Gasteiger partial charge in [-0.25, -0.2) is 13.2 Å². The summed E-state index contributed by atoms with van der Waals surface area (Å²) in [5.74, 6) is 0. The van der Waals surface area contributed by atoms with Crippen LogP contribution in [0.25, 0.3) is 0 Å². The van der Waals surface area contributed by atoms with Crippen LogP contribution >= 0.6 is 11.6 Å². The molecule has 1 amide bonds. The van der Waals surface area contributed by atoms with Crippen LogP contribution in [0.1, 0.15) is 20.8 Å². The van der Waals surface area contributed by atoms with Gasteiger partial charge >= 0.3 is 6.09 Å². The first-order valence-corrected chi connectivity index (χ1v) is 8.12. The summed E-state index contributed by atoms with van der Waals surface area (Å²) in [5.41, 5.74) is -0.427. The zero-order chi connectivity index (χ0) is 17.1. The van der Waals surface area contributed by atoms with Crippen LogP contribution in [0.15, 0.2) is 23.1 Å². The van der Waals surface area contributed by atoms with E-state index in [4.69, 9.17) is 16.3 Å². The number of hydrogen-bond donors (Lipinski definition) is 1. The van der Waals surface area contributed by atoms with Gasteiger partial charge in [0, 0.05) is 12.7 Å². The van der Waals surface area contributed by atoms with Crippen LogP contribution in [0.2, 0.25) is 5.02 Å². The van der Waals surface area contributed by atoms with Gasteiger partial charge in [0.1, 0.15) is 10.5 Å². The lowest BCUT2D eigenvalue weighted by Gasteiger charge is -2.20. The second kappa shape index (κ2) is 6.82. The summed E-state index contributed by atoms with van der Waals surface area (Å²) in [6.07, 6.45) is -0.696. The van der Waals surface area contributed by atoms with Crippen molar-refractivity contribution in [2.75, 3.05) is 19.5 Å². The van der Waals surface area contributed by atoms with Crippen molar-refractivity contribution >= 4 is 33.4 Å². The van der Waals surface area contributed by atoms with Crippen LogP contribution in [-0.4, -0.2) is 38.7 Å². The molecule has 1 aromatic carbocycles. The smallest absolute Gasteiger partial charge is 0.412 e. The van der Waals surface area contributed by atoms with Gasteiger partial charge in [-0.1, -0.05) is 16.1 Å². The molecule has 124 valence electrons. The summed E-state index contributed by atoms with van der Waals surface area (Å²) in [6.45, 7) is 5.16. The minimum atomic E-state index is -3.93. The summed E-state index contributed by atoms with van der Waals surface area (Å²) in [6, 6.07) is 4.07. The number of ether oxygens (including phenoxy) is 1. The van der Waals surface area contributed by atoms with Crippen molar-refractivity contribution in [2.24, 2.45) is 0 Å². The molecule has 0 aromatic heterocycles. The van der Waals surface area contributed by atoms with Crippen molar-refractivity contribution < 1.29 is 22.8 Å². The van der Waals surface area contributed by atoms with Crippen LogP contribution in [0, 0.1) is 0 Å². The number of sulfonamides is 1. The molecule has 0 spiro atoms. The molecule has 0 saturated carbocycles. The van der Waals surface area contributed by atoms with Crippen molar-refractivity contribution in [1.29, 1.82) is 0 Å². The fourth-order valence-electron chi connectivity index (χ4n) is 1.44. The Morgan fingerprint density at radius 1 is 1.32 bits per heavy atom. The Kier molecular flexibility index (Phi) is 5.80. The van der Waals surface area contributed by atoms with E-state index in [0.717, 1.165) is 0 Å². The van der Waals surface area contributed by atoms with E-state index in [1.54, 1.807) is 20.8 Å². The number of nitrogens with one attached hydrogen (secondary N) is 1. The van der Waals surface area contributed by atoms with Gasteiger partial charge in [-0.3, -0.25) is 10.2 Å². The Balaban J connectivity index is 3.08. The van der Waals surface area contributed by atoms with Crippen LogP contribution in [0.4, 0.5) is 10.5 Å². The van der Waals surface area contributed by atoms with Gasteiger partial charge in [0.25, 0.3) is 10.0 Å². The van der Waals surface area contributed by atoms with Gasteiger partial charge < -0.3 is 4.74 Å². The van der Waals surface area contributed by atoms with Crippen LogP contribution in [-0.2, 0) is 19.6 Å². The molecule has 0 saturated heterocycles. The highest BCUT2D eigenvalue weighted by molar-refractivity contribution is 7.89. The SMILES string of the molecule is CON(C)S(=O)(=O)c1cc(NC(=O)OC(C)(C)C)ccc1Cl. The number of anilines is 1. The highest BCUT2D eigenvalue weighted by Crippen LogP contribution is 2.27. The van der Waals surface area contributed by atoms with Crippen LogP contribution < -0.4 is 5.32 Å². The summed E-state index contributed by atoms with van der Waals surface area (Å²) < 4.78 is 30.2. The zero-order valence-corrected chi connectivity index (χ0v) is 14.6. The normalized spacial score (nSPS) is 12.3. The third-order valence-electron chi connectivity index (χ3n) is 2.45. The maximum absolute atomic E-state index is 12.2. The molecule has 0 aliphatic heterocycles. The maximum Gasteiger partial charge on any atom is 0.412 e. The van der Waals surface area contributed by atoms with Gasteiger partial charge in [-0.2, -0.15) is 0 Å². The number of carbonyl (C=O) groups excluding carboxylic acids is 1. The first-order chi connectivity index (χ1) is 9.97. The molecule has 1 N–H and O–H groups in total. The first kappa shape index (κ1) is 18.7. The Bertz CT molecular complexity index is 655. The minimum absolute atomic E-state index is 0.0126. The molecule has 0 aliphatic rings. The number of hydrogen-bond acceptors (Lipinski definition) is 5. The number of halogens is 1. The Labute approximate surface area is 135 Å².